The highest BCUT2D eigenvalue weighted by Gasteiger charge is 2.53. The Balaban J connectivity index is 0.00000346. The zero-order chi connectivity index (χ0) is 52.5. The van der Waals surface area contributed by atoms with E-state index in [4.69, 9.17) is 38.3 Å². The van der Waals surface area contributed by atoms with Gasteiger partial charge in [-0.3, -0.25) is 19.3 Å². The van der Waals surface area contributed by atoms with Crippen LogP contribution in [0.5, 0.6) is 0 Å². The van der Waals surface area contributed by atoms with E-state index < -0.39 is 96.0 Å². The summed E-state index contributed by atoms with van der Waals surface area (Å²) >= 11 is 0. The lowest BCUT2D eigenvalue weighted by molar-refractivity contribution is -0.318. The van der Waals surface area contributed by atoms with Crippen LogP contribution >= 0.6 is 0 Å². The molecule has 3 fully saturated rings. The number of fused-ring (bicyclic) bond motifs is 1. The molecule has 1 amide bonds. The summed E-state index contributed by atoms with van der Waals surface area (Å²) in [6.45, 7) is 18.0. The molecule has 0 aromatic heterocycles. The van der Waals surface area contributed by atoms with Crippen molar-refractivity contribution >= 4 is 29.1 Å². The fourth-order valence-corrected chi connectivity index (χ4v) is 10.8. The number of likely N-dealkylation sites (N-methyl/N-ethyl adjacent to an activating group) is 1. The molecule has 0 saturated carbocycles. The molecule has 3 saturated heterocycles. The van der Waals surface area contributed by atoms with Crippen molar-refractivity contribution in [2.75, 3.05) is 34.3 Å². The van der Waals surface area contributed by atoms with E-state index in [0.29, 0.717) is 13.0 Å². The van der Waals surface area contributed by atoms with Gasteiger partial charge in [0.15, 0.2) is 12.6 Å². The zero-order valence-electron chi connectivity index (χ0n) is 43.7. The number of carbonyl (C=O) groups excluding carboxylic acids is 2. The number of benzene rings is 2. The summed E-state index contributed by atoms with van der Waals surface area (Å²) in [5.74, 6) is -3.15. The van der Waals surface area contributed by atoms with Crippen LogP contribution in [0, 0.1) is 17.8 Å². The van der Waals surface area contributed by atoms with Crippen LogP contribution in [-0.4, -0.2) is 183 Å². The first-order chi connectivity index (χ1) is 32.7. The van der Waals surface area contributed by atoms with Crippen molar-refractivity contribution in [1.82, 2.24) is 15.1 Å². The topological polar surface area (TPSA) is 246 Å². The van der Waals surface area contributed by atoms with Crippen molar-refractivity contribution in [3.63, 3.8) is 0 Å². The smallest absolute Gasteiger partial charge is 0.311 e. The van der Waals surface area contributed by atoms with E-state index in [2.05, 4.69) is 5.32 Å². The van der Waals surface area contributed by atoms with Crippen LogP contribution in [0.2, 0.25) is 0 Å². The van der Waals surface area contributed by atoms with Crippen LogP contribution < -0.4 is 5.32 Å². The van der Waals surface area contributed by atoms with Crippen molar-refractivity contribution in [3.05, 3.63) is 48.0 Å². The minimum Gasteiger partial charge on any atom is -0.483 e. The number of esters is 1. The third kappa shape index (κ3) is 14.7. The Morgan fingerprint density at radius 3 is 2.20 bits per heavy atom. The molecule has 0 unspecified atom stereocenters. The fraction of sp³-hybridized carbons (Fsp3) is 0.750. The van der Waals surface area contributed by atoms with E-state index >= 15 is 0 Å². The Bertz CT molecular complexity index is 1970. The number of amides is 1. The predicted molar refractivity (Wildman–Crippen MR) is 262 cm³/mol. The molecule has 5 rings (SSSR count). The van der Waals surface area contributed by atoms with Gasteiger partial charge in [-0.15, -0.1) is 0 Å². The highest BCUT2D eigenvalue weighted by Crippen LogP contribution is 2.40. The van der Waals surface area contributed by atoms with Gasteiger partial charge in [-0.1, -0.05) is 57.2 Å². The standard InChI is InChI=1S/C51H83N3O13.CH2O2/c1-14-39-51(10,61)44(57)33(6)54(22-21-40(55)52-27-35-19-20-36-17-15-16-18-37(36)24-35)28-29(2)25-49(8,60)46(67-48-42(56)38(53(11)12)23-30(3)63-48)31(4)43(32(5)47(59)65-39)66-41-26-50(9,62-13)45(58)34(7)64-41;2-1-3/h15-20,24,29-34,38-39,41-46,48,56-58,60-61H,14,21-23,25-28H2,1-13H3,(H,52,55);1H,(H,2,3)/t29-,30-,31+,32-,33-,34+,38+,39-,41+,42-,43+,44-,45+,46-,48+,49-,50-,51-;/m1./s1. The van der Waals surface area contributed by atoms with Gasteiger partial charge in [0.25, 0.3) is 6.47 Å². The summed E-state index contributed by atoms with van der Waals surface area (Å²) < 4.78 is 38.1. The molecular weight excluding hydrogens is 907 g/mol. The number of methoxy groups -OCH3 is 1. The number of carbonyl (C=O) groups is 3. The van der Waals surface area contributed by atoms with E-state index in [1.807, 2.05) is 80.2 Å². The van der Waals surface area contributed by atoms with Gasteiger partial charge in [-0.05, 0) is 110 Å². The second-order valence-corrected chi connectivity index (χ2v) is 21.0. The number of hydrogen-bond acceptors (Lipinski definition) is 16. The molecule has 0 radical (unpaired) electrons. The maximum Gasteiger partial charge on any atom is 0.311 e. The number of aliphatic hydroxyl groups excluding tert-OH is 3. The first kappa shape index (κ1) is 59.2. The number of aliphatic hydroxyl groups is 5. The number of carboxylic acid groups (broad SMARTS) is 1. The first-order valence-electron chi connectivity index (χ1n) is 24.8. The van der Waals surface area contributed by atoms with Gasteiger partial charge in [0.1, 0.15) is 30.0 Å². The van der Waals surface area contributed by atoms with Gasteiger partial charge < -0.3 is 69.3 Å². The average Bonchev–Trinajstić information content (AvgIpc) is 3.30. The highest BCUT2D eigenvalue weighted by molar-refractivity contribution is 5.83. The minimum atomic E-state index is -1.95. The summed E-state index contributed by atoms with van der Waals surface area (Å²) in [6, 6.07) is 13.0. The lowest BCUT2D eigenvalue weighted by atomic mass is 9.77. The zero-order valence-corrected chi connectivity index (χ0v) is 43.7. The maximum atomic E-state index is 14.6. The molecule has 3 aliphatic heterocycles. The summed E-state index contributed by atoms with van der Waals surface area (Å²) in [5, 5.41) is 72.1. The third-order valence-corrected chi connectivity index (χ3v) is 15.0. The van der Waals surface area contributed by atoms with Crippen LogP contribution in [0.4, 0.5) is 0 Å². The van der Waals surface area contributed by atoms with E-state index in [1.165, 1.54) is 14.0 Å². The molecule has 18 heteroatoms. The van der Waals surface area contributed by atoms with Gasteiger partial charge in [0, 0.05) is 57.6 Å². The Morgan fingerprint density at radius 1 is 0.943 bits per heavy atom. The van der Waals surface area contributed by atoms with Crippen molar-refractivity contribution in [2.24, 2.45) is 17.8 Å². The molecule has 18 nitrogen and oxygen atoms in total. The number of cyclic esters (lactones) is 1. The summed E-state index contributed by atoms with van der Waals surface area (Å²) in [5.41, 5.74) is -3.74. The van der Waals surface area contributed by atoms with Crippen molar-refractivity contribution in [2.45, 2.75) is 198 Å². The van der Waals surface area contributed by atoms with Crippen LogP contribution in [0.1, 0.15) is 107 Å². The van der Waals surface area contributed by atoms with Gasteiger partial charge in [-0.2, -0.15) is 0 Å². The molecule has 398 valence electrons. The quantitative estimate of drug-likeness (QED) is 0.118. The van der Waals surface area contributed by atoms with Crippen LogP contribution in [-0.2, 0) is 49.3 Å². The Hall–Kier alpha value is -3.37. The second kappa shape index (κ2) is 25.5. The Labute approximate surface area is 414 Å². The highest BCUT2D eigenvalue weighted by atomic mass is 16.7. The molecule has 70 heavy (non-hydrogen) atoms. The molecule has 3 heterocycles. The number of hydrogen-bond donors (Lipinski definition) is 7. The number of ether oxygens (including phenoxy) is 6. The molecule has 0 bridgehead atoms. The second-order valence-electron chi connectivity index (χ2n) is 21.0. The van der Waals surface area contributed by atoms with E-state index in [9.17, 15) is 35.1 Å². The Kier molecular flexibility index (Phi) is 21.6. The normalized spacial score (nSPS) is 39.5. The van der Waals surface area contributed by atoms with Gasteiger partial charge in [0.05, 0.1) is 41.5 Å². The van der Waals surface area contributed by atoms with Crippen molar-refractivity contribution in [3.8, 4) is 0 Å². The fourth-order valence-electron chi connectivity index (χ4n) is 10.8. The average molecular weight is 992 g/mol. The number of nitrogens with zero attached hydrogens (tertiary/aromatic N) is 2. The van der Waals surface area contributed by atoms with Gasteiger partial charge in [-0.25, -0.2) is 0 Å². The van der Waals surface area contributed by atoms with Crippen molar-refractivity contribution in [1.29, 1.82) is 0 Å². The molecular formula is C52H85N3O15. The summed E-state index contributed by atoms with van der Waals surface area (Å²) in [6.07, 6.45) is -9.12. The Morgan fingerprint density at radius 2 is 1.59 bits per heavy atom. The van der Waals surface area contributed by atoms with Crippen LogP contribution in [0.3, 0.4) is 0 Å². The third-order valence-electron chi connectivity index (χ3n) is 15.0. The first-order valence-corrected chi connectivity index (χ1v) is 24.8. The SMILES string of the molecule is CC[C@H]1OC(=O)[C@H](C)[C@@H](O[C@H]2C[C@@](C)(OC)[C@@H](O)[C@H](C)O2)[C@H](C)[C@@H](O[C@@H]2O[C@H](C)C[C@H](N(C)C)[C@H]2O)[C@](C)(O)C[C@@H](C)CN(CCC(=O)NCc2ccc3ccccc3c2)[C@H](C)[C@@H](O)[C@]1(C)O.O=CO. The van der Waals surface area contributed by atoms with E-state index in [0.717, 1.165) is 16.3 Å². The molecule has 18 atom stereocenters. The molecule has 7 N–H and O–H groups in total. The summed E-state index contributed by atoms with van der Waals surface area (Å²) in [7, 11) is 5.25. The molecule has 2 aromatic rings. The molecule has 0 aliphatic carbocycles. The lowest BCUT2D eigenvalue weighted by Gasteiger charge is -2.48. The predicted octanol–water partition coefficient (Wildman–Crippen LogP) is 3.83. The molecule has 3 aliphatic rings. The van der Waals surface area contributed by atoms with Crippen LogP contribution in [0.25, 0.3) is 10.8 Å². The summed E-state index contributed by atoms with van der Waals surface area (Å²) in [4.78, 5) is 40.3. The van der Waals surface area contributed by atoms with Crippen molar-refractivity contribution < 1.29 is 73.4 Å². The molecule has 0 spiro atoms. The van der Waals surface area contributed by atoms with Gasteiger partial charge >= 0.3 is 5.97 Å². The lowest BCUT2D eigenvalue weighted by Crippen LogP contribution is -2.60. The maximum absolute atomic E-state index is 14.6. The van der Waals surface area contributed by atoms with E-state index in [1.54, 1.807) is 48.5 Å². The van der Waals surface area contributed by atoms with E-state index in [-0.39, 0.29) is 69.2 Å². The van der Waals surface area contributed by atoms with Gasteiger partial charge in [0.2, 0.25) is 5.91 Å². The molecule has 2 aromatic carbocycles. The number of rotatable bonds is 12. The minimum absolute atomic E-state index is 0.0739. The largest absolute Gasteiger partial charge is 0.483 e. The van der Waals surface area contributed by atoms with Crippen LogP contribution in [0.15, 0.2) is 42.5 Å². The monoisotopic (exact) mass is 992 g/mol. The number of nitrogens with one attached hydrogen (secondary N) is 1.